The van der Waals surface area contributed by atoms with Gasteiger partial charge in [-0.1, -0.05) is 30.3 Å². The fourth-order valence-electron chi connectivity index (χ4n) is 2.31. The molecule has 0 spiro atoms. The lowest BCUT2D eigenvalue weighted by Gasteiger charge is -2.29. The van der Waals surface area contributed by atoms with Crippen LogP contribution in [0.4, 0.5) is 0 Å². The molecule has 1 amide bonds. The second kappa shape index (κ2) is 4.71. The molecule has 2 rings (SSSR count). The molecule has 4 heteroatoms. The topological polar surface area (TPSA) is 60.8 Å². The standard InChI is InChI=1S/C14H19NO3/c1-14(2,10-6-4-3-5-7-10)13(18)15-8-11(16)12(17)9-15/h3-7,11-12,16-17H,8-9H2,1-2H3/t11-,12+. The van der Waals surface area contributed by atoms with Gasteiger partial charge in [-0.25, -0.2) is 0 Å². The Kier molecular flexibility index (Phi) is 3.41. The Morgan fingerprint density at radius 2 is 1.67 bits per heavy atom. The molecule has 1 aliphatic heterocycles. The molecule has 2 atom stereocenters. The third-order valence-corrected chi connectivity index (χ3v) is 3.58. The number of amides is 1. The minimum absolute atomic E-state index is 0.0655. The number of carbonyl (C=O) groups excluding carboxylic acids is 1. The molecule has 18 heavy (non-hydrogen) atoms. The average Bonchev–Trinajstić information content (AvgIpc) is 2.69. The van der Waals surface area contributed by atoms with Crippen LogP contribution >= 0.6 is 0 Å². The first-order chi connectivity index (χ1) is 8.43. The molecule has 0 radical (unpaired) electrons. The van der Waals surface area contributed by atoms with Gasteiger partial charge in [-0.15, -0.1) is 0 Å². The molecule has 0 aliphatic carbocycles. The van der Waals surface area contributed by atoms with Crippen LogP contribution in [0.5, 0.6) is 0 Å². The lowest BCUT2D eigenvalue weighted by atomic mass is 9.83. The molecule has 0 unspecified atom stereocenters. The minimum atomic E-state index is -0.833. The smallest absolute Gasteiger partial charge is 0.232 e. The number of hydrogen-bond donors (Lipinski definition) is 2. The monoisotopic (exact) mass is 249 g/mol. The lowest BCUT2D eigenvalue weighted by Crippen LogP contribution is -2.42. The SMILES string of the molecule is CC(C)(C(=O)N1C[C@@H](O)[C@@H](O)C1)c1ccccc1. The zero-order valence-corrected chi connectivity index (χ0v) is 10.7. The Bertz CT molecular complexity index is 420. The molecule has 0 aromatic heterocycles. The van der Waals surface area contributed by atoms with Gasteiger partial charge < -0.3 is 15.1 Å². The van der Waals surface area contributed by atoms with Crippen molar-refractivity contribution in [3.63, 3.8) is 0 Å². The maximum absolute atomic E-state index is 12.5. The Hall–Kier alpha value is -1.39. The van der Waals surface area contributed by atoms with Crippen LogP contribution in [0.25, 0.3) is 0 Å². The number of aliphatic hydroxyl groups excluding tert-OH is 2. The van der Waals surface area contributed by atoms with Crippen molar-refractivity contribution in [3.8, 4) is 0 Å². The largest absolute Gasteiger partial charge is 0.388 e. The number of nitrogens with zero attached hydrogens (tertiary/aromatic N) is 1. The van der Waals surface area contributed by atoms with Crippen molar-refractivity contribution in [2.24, 2.45) is 0 Å². The molecule has 1 aromatic carbocycles. The Balaban J connectivity index is 2.18. The van der Waals surface area contributed by atoms with Crippen molar-refractivity contribution in [1.82, 2.24) is 4.90 Å². The van der Waals surface area contributed by atoms with Crippen LogP contribution in [0.15, 0.2) is 30.3 Å². The molecular formula is C14H19NO3. The highest BCUT2D eigenvalue weighted by Crippen LogP contribution is 2.27. The first-order valence-electron chi connectivity index (χ1n) is 6.14. The van der Waals surface area contributed by atoms with Crippen LogP contribution in [-0.4, -0.2) is 46.3 Å². The second-order valence-electron chi connectivity index (χ2n) is 5.34. The lowest BCUT2D eigenvalue weighted by molar-refractivity contribution is -0.135. The summed E-state index contributed by atoms with van der Waals surface area (Å²) in [6.45, 7) is 4.13. The van der Waals surface area contributed by atoms with Crippen LogP contribution < -0.4 is 0 Å². The second-order valence-corrected chi connectivity index (χ2v) is 5.34. The summed E-state index contributed by atoms with van der Waals surface area (Å²) in [6.07, 6.45) is -1.67. The molecule has 1 aromatic rings. The first-order valence-corrected chi connectivity index (χ1v) is 6.14. The molecule has 1 heterocycles. The van der Waals surface area contributed by atoms with E-state index in [0.717, 1.165) is 5.56 Å². The summed E-state index contributed by atoms with van der Waals surface area (Å²) in [4.78, 5) is 14.0. The highest BCUT2D eigenvalue weighted by molar-refractivity contribution is 5.87. The number of likely N-dealkylation sites (tertiary alicyclic amines) is 1. The number of aliphatic hydroxyl groups is 2. The molecule has 4 nitrogen and oxygen atoms in total. The first kappa shape index (κ1) is 13.1. The predicted molar refractivity (Wildman–Crippen MR) is 68.1 cm³/mol. The van der Waals surface area contributed by atoms with Gasteiger partial charge in [0.05, 0.1) is 17.6 Å². The maximum atomic E-state index is 12.5. The zero-order valence-electron chi connectivity index (χ0n) is 10.7. The maximum Gasteiger partial charge on any atom is 0.232 e. The van der Waals surface area contributed by atoms with E-state index in [-0.39, 0.29) is 19.0 Å². The quantitative estimate of drug-likeness (QED) is 0.803. The summed E-state index contributed by atoms with van der Waals surface area (Å²) < 4.78 is 0. The van der Waals surface area contributed by atoms with Crippen LogP contribution in [0.1, 0.15) is 19.4 Å². The average molecular weight is 249 g/mol. The third kappa shape index (κ3) is 2.26. The molecule has 0 saturated carbocycles. The molecule has 2 N–H and O–H groups in total. The van der Waals surface area contributed by atoms with Crippen molar-refractivity contribution >= 4 is 5.91 Å². The van der Waals surface area contributed by atoms with E-state index in [4.69, 9.17) is 0 Å². The van der Waals surface area contributed by atoms with Crippen LogP contribution in [-0.2, 0) is 10.2 Å². The van der Waals surface area contributed by atoms with Crippen molar-refractivity contribution < 1.29 is 15.0 Å². The van der Waals surface area contributed by atoms with E-state index in [0.29, 0.717) is 0 Å². The van der Waals surface area contributed by atoms with E-state index < -0.39 is 17.6 Å². The summed E-state index contributed by atoms with van der Waals surface area (Å²) in [7, 11) is 0. The fourth-order valence-corrected chi connectivity index (χ4v) is 2.31. The number of β-amino-alcohol motifs (C(OH)–C–C–N with tert-alkyl or cyclic N) is 2. The van der Waals surface area contributed by atoms with Crippen LogP contribution in [0, 0.1) is 0 Å². The summed E-state index contributed by atoms with van der Waals surface area (Å²) in [5.74, 6) is -0.0655. The number of hydrogen-bond acceptors (Lipinski definition) is 3. The molecule has 0 bridgehead atoms. The molecular weight excluding hydrogens is 230 g/mol. The van der Waals surface area contributed by atoms with Gasteiger partial charge in [0.2, 0.25) is 5.91 Å². The Morgan fingerprint density at radius 1 is 1.17 bits per heavy atom. The van der Waals surface area contributed by atoms with Gasteiger partial charge in [-0.3, -0.25) is 4.79 Å². The summed E-state index contributed by atoms with van der Waals surface area (Å²) >= 11 is 0. The van der Waals surface area contributed by atoms with Gasteiger partial charge >= 0.3 is 0 Å². The van der Waals surface area contributed by atoms with Gasteiger partial charge in [-0.2, -0.15) is 0 Å². The molecule has 98 valence electrons. The molecule has 1 aliphatic rings. The Labute approximate surface area is 107 Å². The number of rotatable bonds is 2. The van der Waals surface area contributed by atoms with E-state index in [1.54, 1.807) is 0 Å². The van der Waals surface area contributed by atoms with E-state index in [1.165, 1.54) is 4.90 Å². The molecule has 1 fully saturated rings. The van der Waals surface area contributed by atoms with E-state index in [9.17, 15) is 15.0 Å². The summed E-state index contributed by atoms with van der Waals surface area (Å²) in [5.41, 5.74) is 0.288. The van der Waals surface area contributed by atoms with Gasteiger partial charge in [0.15, 0.2) is 0 Å². The van der Waals surface area contributed by atoms with Gasteiger partial charge in [-0.05, 0) is 19.4 Å². The predicted octanol–water partition coefficient (Wildman–Crippen LogP) is 0.528. The van der Waals surface area contributed by atoms with Gasteiger partial charge in [0.1, 0.15) is 0 Å². The highest BCUT2D eigenvalue weighted by Gasteiger charge is 2.39. The summed E-state index contributed by atoms with van der Waals surface area (Å²) in [6, 6.07) is 9.55. The minimum Gasteiger partial charge on any atom is -0.388 e. The molecule has 1 saturated heterocycles. The third-order valence-electron chi connectivity index (χ3n) is 3.58. The van der Waals surface area contributed by atoms with Crippen LogP contribution in [0.3, 0.4) is 0 Å². The van der Waals surface area contributed by atoms with Crippen molar-refractivity contribution in [2.45, 2.75) is 31.5 Å². The van der Waals surface area contributed by atoms with Gasteiger partial charge in [0, 0.05) is 13.1 Å². The fraction of sp³-hybridized carbons (Fsp3) is 0.500. The van der Waals surface area contributed by atoms with Crippen molar-refractivity contribution in [3.05, 3.63) is 35.9 Å². The van der Waals surface area contributed by atoms with E-state index in [1.807, 2.05) is 44.2 Å². The van der Waals surface area contributed by atoms with Crippen molar-refractivity contribution in [1.29, 1.82) is 0 Å². The number of benzene rings is 1. The van der Waals surface area contributed by atoms with Crippen LogP contribution in [0.2, 0.25) is 0 Å². The van der Waals surface area contributed by atoms with E-state index >= 15 is 0 Å². The van der Waals surface area contributed by atoms with Crippen molar-refractivity contribution in [2.75, 3.05) is 13.1 Å². The highest BCUT2D eigenvalue weighted by atomic mass is 16.3. The van der Waals surface area contributed by atoms with E-state index in [2.05, 4.69) is 0 Å². The summed E-state index contributed by atoms with van der Waals surface area (Å²) in [5, 5.41) is 19.0. The Morgan fingerprint density at radius 3 is 2.17 bits per heavy atom. The normalized spacial score (nSPS) is 24.3. The number of carbonyl (C=O) groups is 1. The zero-order chi connectivity index (χ0) is 13.3. The van der Waals surface area contributed by atoms with Gasteiger partial charge in [0.25, 0.3) is 0 Å².